The van der Waals surface area contributed by atoms with Gasteiger partial charge in [0.2, 0.25) is 0 Å². The highest BCUT2D eigenvalue weighted by Gasteiger charge is 2.29. The summed E-state index contributed by atoms with van der Waals surface area (Å²) < 4.78 is 38.1. The highest BCUT2D eigenvalue weighted by Crippen LogP contribution is 2.42. The molecule has 2 aromatic carbocycles. The largest absolute Gasteiger partial charge is 0.760 e. The third-order valence-corrected chi connectivity index (χ3v) is 5.90. The standard InChI is InChI=1S/C26H21FN4O2S/c27-22-12-10-20(11-13-22)26(24-5-1-4-23(31-24)17-30-34(32)33)25(21-3-2-14-29-16-21)19-8-6-18(15-28)7-9-19/h1-14,16,25-26,30H,17H2,(H,32,33)/p-1/t25?,26-/m0/s1. The van der Waals surface area contributed by atoms with Crippen molar-refractivity contribution in [2.24, 2.45) is 0 Å². The molecule has 2 aromatic heterocycles. The molecule has 0 radical (unpaired) electrons. The van der Waals surface area contributed by atoms with Gasteiger partial charge in [0.05, 0.1) is 17.3 Å². The molecule has 0 aliphatic carbocycles. The van der Waals surface area contributed by atoms with Crippen LogP contribution in [0.15, 0.2) is 91.3 Å². The predicted octanol–water partition coefficient (Wildman–Crippen LogP) is 4.34. The third kappa shape index (κ3) is 5.58. The van der Waals surface area contributed by atoms with Gasteiger partial charge in [0, 0.05) is 47.7 Å². The average molecular weight is 472 g/mol. The number of hydrogen-bond donors (Lipinski definition) is 1. The summed E-state index contributed by atoms with van der Waals surface area (Å²) >= 11 is -2.41. The maximum Gasteiger partial charge on any atom is 0.123 e. The Morgan fingerprint density at radius 2 is 1.65 bits per heavy atom. The normalized spacial score (nSPS) is 13.6. The number of aromatic nitrogens is 2. The van der Waals surface area contributed by atoms with Crippen molar-refractivity contribution in [3.8, 4) is 6.07 Å². The Morgan fingerprint density at radius 1 is 0.941 bits per heavy atom. The Morgan fingerprint density at radius 3 is 2.29 bits per heavy atom. The number of pyridine rings is 2. The molecule has 34 heavy (non-hydrogen) atoms. The lowest BCUT2D eigenvalue weighted by molar-refractivity contribution is 0.521. The molecule has 0 saturated carbocycles. The Balaban J connectivity index is 1.89. The molecule has 0 saturated heterocycles. The van der Waals surface area contributed by atoms with Gasteiger partial charge in [0.25, 0.3) is 0 Å². The van der Waals surface area contributed by atoms with E-state index in [1.54, 1.807) is 42.7 Å². The van der Waals surface area contributed by atoms with Gasteiger partial charge in [-0.1, -0.05) is 36.4 Å². The lowest BCUT2D eigenvalue weighted by Gasteiger charge is -2.29. The fraction of sp³-hybridized carbons (Fsp3) is 0.115. The van der Waals surface area contributed by atoms with Gasteiger partial charge in [0.15, 0.2) is 0 Å². The van der Waals surface area contributed by atoms with Crippen molar-refractivity contribution in [1.29, 1.82) is 5.26 Å². The van der Waals surface area contributed by atoms with Gasteiger partial charge in [-0.05, 0) is 59.2 Å². The summed E-state index contributed by atoms with van der Waals surface area (Å²) in [6.45, 7) is 0.0501. The molecule has 4 aromatic rings. The van der Waals surface area contributed by atoms with Gasteiger partial charge < -0.3 is 4.55 Å². The smallest absolute Gasteiger partial charge is 0.123 e. The first-order valence-electron chi connectivity index (χ1n) is 10.5. The fourth-order valence-electron chi connectivity index (χ4n) is 4.01. The molecule has 0 fully saturated rings. The van der Waals surface area contributed by atoms with E-state index in [0.29, 0.717) is 17.0 Å². The van der Waals surface area contributed by atoms with Crippen LogP contribution < -0.4 is 4.72 Å². The summed E-state index contributed by atoms with van der Waals surface area (Å²) in [4.78, 5) is 9.05. The first kappa shape index (κ1) is 23.4. The molecule has 8 heteroatoms. The molecule has 2 unspecified atom stereocenters. The van der Waals surface area contributed by atoms with Crippen molar-refractivity contribution < 1.29 is 13.2 Å². The summed E-state index contributed by atoms with van der Waals surface area (Å²) in [6.07, 6.45) is 3.48. The second-order valence-electron chi connectivity index (χ2n) is 7.64. The van der Waals surface area contributed by atoms with Crippen LogP contribution in [-0.2, 0) is 17.8 Å². The Bertz CT molecular complexity index is 1310. The van der Waals surface area contributed by atoms with Crippen LogP contribution in [0.3, 0.4) is 0 Å². The molecule has 1 N–H and O–H groups in total. The van der Waals surface area contributed by atoms with E-state index in [2.05, 4.69) is 15.8 Å². The van der Waals surface area contributed by atoms with Crippen molar-refractivity contribution in [1.82, 2.24) is 14.7 Å². The zero-order valence-electron chi connectivity index (χ0n) is 18.0. The van der Waals surface area contributed by atoms with Gasteiger partial charge in [-0.2, -0.15) is 5.26 Å². The predicted molar refractivity (Wildman–Crippen MR) is 125 cm³/mol. The number of hydrogen-bond acceptors (Lipinski definition) is 5. The number of benzene rings is 2. The van der Waals surface area contributed by atoms with Crippen LogP contribution in [0.2, 0.25) is 0 Å². The minimum absolute atomic E-state index is 0.0501. The van der Waals surface area contributed by atoms with Gasteiger partial charge in [-0.3, -0.25) is 14.2 Å². The van der Waals surface area contributed by atoms with E-state index in [9.17, 15) is 18.4 Å². The van der Waals surface area contributed by atoms with Crippen LogP contribution in [0.4, 0.5) is 4.39 Å². The van der Waals surface area contributed by atoms with E-state index in [1.807, 2.05) is 36.4 Å². The highest BCUT2D eigenvalue weighted by atomic mass is 32.2. The Labute approximate surface area is 199 Å². The minimum Gasteiger partial charge on any atom is -0.760 e. The zero-order valence-corrected chi connectivity index (χ0v) is 18.8. The third-order valence-electron chi connectivity index (χ3n) is 5.52. The molecular formula is C26H20FN4O2S-. The molecule has 0 amide bonds. The molecule has 0 aliphatic rings. The van der Waals surface area contributed by atoms with Gasteiger partial charge in [0.1, 0.15) is 5.82 Å². The van der Waals surface area contributed by atoms with Crippen molar-refractivity contribution >= 4 is 11.3 Å². The van der Waals surface area contributed by atoms with Crippen LogP contribution in [0.5, 0.6) is 0 Å². The summed E-state index contributed by atoms with van der Waals surface area (Å²) in [6, 6.07) is 25.0. The molecule has 170 valence electrons. The first-order chi connectivity index (χ1) is 16.5. The minimum atomic E-state index is -2.41. The van der Waals surface area contributed by atoms with Gasteiger partial charge >= 0.3 is 0 Å². The first-order valence-corrected chi connectivity index (χ1v) is 11.6. The Kier molecular flexibility index (Phi) is 7.50. The summed E-state index contributed by atoms with van der Waals surface area (Å²) in [5, 5.41) is 9.24. The Hall–Kier alpha value is -3.77. The summed E-state index contributed by atoms with van der Waals surface area (Å²) in [5.74, 6) is -0.936. The second-order valence-corrected chi connectivity index (χ2v) is 8.39. The van der Waals surface area contributed by atoms with E-state index in [1.165, 1.54) is 12.1 Å². The molecule has 6 nitrogen and oxygen atoms in total. The molecule has 4 rings (SSSR count). The number of nitriles is 1. The van der Waals surface area contributed by atoms with Gasteiger partial charge in [-0.25, -0.2) is 9.11 Å². The van der Waals surface area contributed by atoms with E-state index in [-0.39, 0.29) is 24.2 Å². The molecule has 0 spiro atoms. The number of nitrogens with one attached hydrogen (secondary N) is 1. The molecule has 0 aliphatic heterocycles. The quantitative estimate of drug-likeness (QED) is 0.385. The SMILES string of the molecule is N#Cc1ccc(C(c2cccnc2)[C@@H](c2ccc(F)cc2)c2cccc(CNS(=O)[O-])n2)cc1. The van der Waals surface area contributed by atoms with Crippen molar-refractivity contribution in [2.45, 2.75) is 18.4 Å². The van der Waals surface area contributed by atoms with E-state index in [0.717, 1.165) is 16.7 Å². The van der Waals surface area contributed by atoms with Crippen molar-refractivity contribution in [3.05, 3.63) is 131 Å². The highest BCUT2D eigenvalue weighted by molar-refractivity contribution is 7.77. The second kappa shape index (κ2) is 10.9. The maximum atomic E-state index is 13.8. The van der Waals surface area contributed by atoms with Gasteiger partial charge in [-0.15, -0.1) is 0 Å². The van der Waals surface area contributed by atoms with Crippen molar-refractivity contribution in [2.75, 3.05) is 0 Å². The van der Waals surface area contributed by atoms with Crippen molar-refractivity contribution in [3.63, 3.8) is 0 Å². The van der Waals surface area contributed by atoms with Crippen LogP contribution in [0.25, 0.3) is 0 Å². The molecular weight excluding hydrogens is 451 g/mol. The van der Waals surface area contributed by atoms with E-state index in [4.69, 9.17) is 4.98 Å². The lowest BCUT2D eigenvalue weighted by atomic mass is 9.75. The lowest BCUT2D eigenvalue weighted by Crippen LogP contribution is -2.19. The number of halogens is 1. The monoisotopic (exact) mass is 471 g/mol. The summed E-state index contributed by atoms with van der Waals surface area (Å²) in [5.41, 5.74) is 4.49. The maximum absolute atomic E-state index is 13.8. The van der Waals surface area contributed by atoms with Crippen LogP contribution in [0.1, 0.15) is 45.5 Å². The molecule has 3 atom stereocenters. The zero-order chi connectivity index (χ0) is 23.9. The van der Waals surface area contributed by atoms with Crippen LogP contribution in [0, 0.1) is 17.1 Å². The average Bonchev–Trinajstić information content (AvgIpc) is 2.87. The number of nitrogens with zero attached hydrogens (tertiary/aromatic N) is 3. The molecule has 2 heterocycles. The number of rotatable bonds is 8. The topological polar surface area (TPSA) is 102 Å². The van der Waals surface area contributed by atoms with E-state index >= 15 is 0 Å². The fourth-order valence-corrected chi connectivity index (χ4v) is 4.27. The molecule has 0 bridgehead atoms. The summed E-state index contributed by atoms with van der Waals surface area (Å²) in [7, 11) is 0. The van der Waals surface area contributed by atoms with Crippen LogP contribution in [-0.4, -0.2) is 18.7 Å². The van der Waals surface area contributed by atoms with E-state index < -0.39 is 11.3 Å². The van der Waals surface area contributed by atoms with Crippen LogP contribution >= 0.6 is 0 Å².